The predicted molar refractivity (Wildman–Crippen MR) is 74.6 cm³/mol. The molecule has 0 spiro atoms. The zero-order chi connectivity index (χ0) is 14.0. The number of aryl methyl sites for hydroxylation is 3. The zero-order valence-electron chi connectivity index (χ0n) is 12.0. The van der Waals surface area contributed by atoms with Crippen LogP contribution in [0.2, 0.25) is 0 Å². The Morgan fingerprint density at radius 2 is 2.11 bits per heavy atom. The summed E-state index contributed by atoms with van der Waals surface area (Å²) >= 11 is 0. The Kier molecular flexibility index (Phi) is 4.07. The van der Waals surface area contributed by atoms with Crippen LogP contribution in [0.15, 0.2) is 16.8 Å². The smallest absolute Gasteiger partial charge is 0.106 e. The highest BCUT2D eigenvalue weighted by atomic mass is 16.3. The second kappa shape index (κ2) is 5.59. The standard InChI is InChI=1S/C14H22N4O/c1-5-6-18-8-12(7-16-18)14(17-15)13-9(2)10(3)19-11(13)4/h7-8,14,17H,5-6,15H2,1-4H3. The molecule has 2 heterocycles. The van der Waals surface area contributed by atoms with Gasteiger partial charge in [0.1, 0.15) is 11.5 Å². The molecule has 0 saturated heterocycles. The van der Waals surface area contributed by atoms with E-state index in [0.717, 1.165) is 41.2 Å². The highest BCUT2D eigenvalue weighted by Gasteiger charge is 2.22. The van der Waals surface area contributed by atoms with Gasteiger partial charge in [-0.3, -0.25) is 10.5 Å². The molecule has 0 amide bonds. The maximum Gasteiger partial charge on any atom is 0.106 e. The van der Waals surface area contributed by atoms with Gasteiger partial charge in [0.2, 0.25) is 0 Å². The Morgan fingerprint density at radius 1 is 1.37 bits per heavy atom. The molecular weight excluding hydrogens is 240 g/mol. The van der Waals surface area contributed by atoms with Crippen LogP contribution in [0.4, 0.5) is 0 Å². The highest BCUT2D eigenvalue weighted by Crippen LogP contribution is 2.30. The van der Waals surface area contributed by atoms with E-state index in [1.165, 1.54) is 0 Å². The summed E-state index contributed by atoms with van der Waals surface area (Å²) < 4.78 is 7.62. The summed E-state index contributed by atoms with van der Waals surface area (Å²) in [6.07, 6.45) is 4.96. The molecule has 0 bridgehead atoms. The number of aromatic nitrogens is 2. The van der Waals surface area contributed by atoms with Gasteiger partial charge in [-0.2, -0.15) is 5.10 Å². The van der Waals surface area contributed by atoms with E-state index in [1.807, 2.05) is 30.9 Å². The van der Waals surface area contributed by atoms with Crippen LogP contribution in [0.3, 0.4) is 0 Å². The molecule has 19 heavy (non-hydrogen) atoms. The van der Waals surface area contributed by atoms with Crippen molar-refractivity contribution in [1.82, 2.24) is 15.2 Å². The Hall–Kier alpha value is -1.59. The van der Waals surface area contributed by atoms with Gasteiger partial charge in [0, 0.05) is 23.9 Å². The van der Waals surface area contributed by atoms with Gasteiger partial charge in [-0.05, 0) is 32.8 Å². The molecule has 104 valence electrons. The van der Waals surface area contributed by atoms with Crippen LogP contribution in [0.5, 0.6) is 0 Å². The molecule has 2 aromatic rings. The van der Waals surface area contributed by atoms with Crippen LogP contribution < -0.4 is 11.3 Å². The molecule has 0 aliphatic rings. The van der Waals surface area contributed by atoms with Gasteiger partial charge in [-0.15, -0.1) is 0 Å². The van der Waals surface area contributed by atoms with Gasteiger partial charge in [0.15, 0.2) is 0 Å². The van der Waals surface area contributed by atoms with Crippen molar-refractivity contribution in [2.24, 2.45) is 5.84 Å². The number of nitrogens with two attached hydrogens (primary N) is 1. The monoisotopic (exact) mass is 262 g/mol. The van der Waals surface area contributed by atoms with Crippen molar-refractivity contribution in [3.63, 3.8) is 0 Å². The van der Waals surface area contributed by atoms with Crippen LogP contribution >= 0.6 is 0 Å². The number of hydrogen-bond acceptors (Lipinski definition) is 4. The van der Waals surface area contributed by atoms with Crippen molar-refractivity contribution in [3.8, 4) is 0 Å². The third-order valence-corrected chi connectivity index (χ3v) is 3.51. The first-order valence-electron chi connectivity index (χ1n) is 6.63. The quantitative estimate of drug-likeness (QED) is 0.641. The third-order valence-electron chi connectivity index (χ3n) is 3.51. The fourth-order valence-corrected chi connectivity index (χ4v) is 2.46. The van der Waals surface area contributed by atoms with Gasteiger partial charge < -0.3 is 4.42 Å². The fraction of sp³-hybridized carbons (Fsp3) is 0.500. The van der Waals surface area contributed by atoms with E-state index in [4.69, 9.17) is 10.3 Å². The zero-order valence-corrected chi connectivity index (χ0v) is 12.0. The van der Waals surface area contributed by atoms with Gasteiger partial charge in [0.05, 0.1) is 12.2 Å². The van der Waals surface area contributed by atoms with Gasteiger partial charge >= 0.3 is 0 Å². The van der Waals surface area contributed by atoms with E-state index in [2.05, 4.69) is 24.4 Å². The second-order valence-electron chi connectivity index (χ2n) is 4.89. The average Bonchev–Trinajstić information content (AvgIpc) is 2.91. The first kappa shape index (κ1) is 13.8. The van der Waals surface area contributed by atoms with E-state index in [9.17, 15) is 0 Å². The van der Waals surface area contributed by atoms with Crippen LogP contribution in [0, 0.1) is 20.8 Å². The molecule has 0 aliphatic heterocycles. The number of nitrogens with zero attached hydrogens (tertiary/aromatic N) is 2. The van der Waals surface area contributed by atoms with Crippen molar-refractivity contribution in [2.45, 2.75) is 46.7 Å². The van der Waals surface area contributed by atoms with Gasteiger partial charge in [0.25, 0.3) is 0 Å². The topological polar surface area (TPSA) is 69.0 Å². The molecule has 1 unspecified atom stereocenters. The highest BCUT2D eigenvalue weighted by molar-refractivity contribution is 5.39. The van der Waals surface area contributed by atoms with Crippen LogP contribution in [0.25, 0.3) is 0 Å². The first-order chi connectivity index (χ1) is 9.08. The van der Waals surface area contributed by atoms with Crippen molar-refractivity contribution < 1.29 is 4.42 Å². The van der Waals surface area contributed by atoms with Crippen LogP contribution in [0.1, 0.15) is 47.6 Å². The number of hydrogen-bond donors (Lipinski definition) is 2. The fourth-order valence-electron chi connectivity index (χ4n) is 2.46. The molecule has 0 aromatic carbocycles. The second-order valence-corrected chi connectivity index (χ2v) is 4.89. The number of furan rings is 1. The normalized spacial score (nSPS) is 12.9. The van der Waals surface area contributed by atoms with Crippen molar-refractivity contribution >= 4 is 0 Å². The summed E-state index contributed by atoms with van der Waals surface area (Å²) in [7, 11) is 0. The van der Waals surface area contributed by atoms with Crippen molar-refractivity contribution in [3.05, 3.63) is 40.6 Å². The lowest BCUT2D eigenvalue weighted by atomic mass is 9.98. The average molecular weight is 262 g/mol. The van der Waals surface area contributed by atoms with Crippen LogP contribution in [-0.4, -0.2) is 9.78 Å². The summed E-state index contributed by atoms with van der Waals surface area (Å²) in [5.41, 5.74) is 6.18. The van der Waals surface area contributed by atoms with Crippen molar-refractivity contribution in [2.75, 3.05) is 0 Å². The Morgan fingerprint density at radius 3 is 2.63 bits per heavy atom. The molecule has 1 atom stereocenters. The van der Waals surface area contributed by atoms with Gasteiger partial charge in [-0.1, -0.05) is 6.92 Å². The molecule has 0 aliphatic carbocycles. The molecule has 3 N–H and O–H groups in total. The molecule has 5 nitrogen and oxygen atoms in total. The lowest BCUT2D eigenvalue weighted by Crippen LogP contribution is -2.29. The van der Waals surface area contributed by atoms with E-state index in [0.29, 0.717) is 0 Å². The molecule has 5 heteroatoms. The summed E-state index contributed by atoms with van der Waals surface area (Å²) in [5.74, 6) is 7.58. The first-order valence-corrected chi connectivity index (χ1v) is 6.63. The lowest BCUT2D eigenvalue weighted by Gasteiger charge is -2.14. The number of rotatable bonds is 5. The SMILES string of the molecule is CCCn1cc(C(NN)c2c(C)oc(C)c2C)cn1. The third kappa shape index (κ3) is 2.57. The largest absolute Gasteiger partial charge is 0.466 e. The van der Waals surface area contributed by atoms with Crippen LogP contribution in [-0.2, 0) is 6.54 Å². The number of nitrogens with one attached hydrogen (secondary N) is 1. The maximum atomic E-state index is 5.74. The molecule has 0 fully saturated rings. The van der Waals surface area contributed by atoms with Gasteiger partial charge in [-0.25, -0.2) is 5.43 Å². The minimum absolute atomic E-state index is 0.0805. The lowest BCUT2D eigenvalue weighted by molar-refractivity contribution is 0.494. The summed E-state index contributed by atoms with van der Waals surface area (Å²) in [4.78, 5) is 0. The molecule has 2 rings (SSSR count). The van der Waals surface area contributed by atoms with E-state index < -0.39 is 0 Å². The minimum Gasteiger partial charge on any atom is -0.466 e. The van der Waals surface area contributed by atoms with Crippen molar-refractivity contribution in [1.29, 1.82) is 0 Å². The predicted octanol–water partition coefficient (Wildman–Crippen LogP) is 2.36. The molecular formula is C14H22N4O. The maximum absolute atomic E-state index is 5.74. The molecule has 0 radical (unpaired) electrons. The summed E-state index contributed by atoms with van der Waals surface area (Å²) in [6, 6.07) is -0.0805. The van der Waals surface area contributed by atoms with E-state index >= 15 is 0 Å². The summed E-state index contributed by atoms with van der Waals surface area (Å²) in [6.45, 7) is 9.05. The van der Waals surface area contributed by atoms with E-state index in [-0.39, 0.29) is 6.04 Å². The Balaban J connectivity index is 2.38. The Labute approximate surface area is 113 Å². The number of hydrazine groups is 1. The Bertz CT molecular complexity index is 556. The van der Waals surface area contributed by atoms with E-state index in [1.54, 1.807) is 0 Å². The summed E-state index contributed by atoms with van der Waals surface area (Å²) in [5, 5.41) is 4.36. The molecule has 2 aromatic heterocycles. The minimum atomic E-state index is -0.0805. The molecule has 0 saturated carbocycles.